The fourth-order valence-corrected chi connectivity index (χ4v) is 7.10. The smallest absolute Gasteiger partial charge is 0.256 e. The summed E-state index contributed by atoms with van der Waals surface area (Å²) in [6.07, 6.45) is 2.30. The quantitative estimate of drug-likeness (QED) is 0.213. The van der Waals surface area contributed by atoms with Crippen LogP contribution < -0.4 is 26.0 Å². The van der Waals surface area contributed by atoms with Gasteiger partial charge in [0, 0.05) is 17.1 Å². The van der Waals surface area contributed by atoms with Gasteiger partial charge in [-0.1, -0.05) is 91.0 Å². The van der Waals surface area contributed by atoms with Crippen LogP contribution in [0.2, 0.25) is 0 Å². The zero-order chi connectivity index (χ0) is 27.8. The first kappa shape index (κ1) is 23.7. The van der Waals surface area contributed by atoms with Crippen molar-refractivity contribution < 1.29 is 4.74 Å². The van der Waals surface area contributed by atoms with Gasteiger partial charge in [-0.2, -0.15) is 0 Å². The van der Waals surface area contributed by atoms with Crippen molar-refractivity contribution in [1.29, 1.82) is 0 Å². The second kappa shape index (κ2) is 8.99. The fraction of sp³-hybridized carbons (Fsp3) is 0.0769. The zero-order valence-electron chi connectivity index (χ0n) is 23.5. The van der Waals surface area contributed by atoms with Crippen LogP contribution in [-0.2, 0) is 12.8 Å². The summed E-state index contributed by atoms with van der Waals surface area (Å²) in [5.41, 5.74) is 16.5. The summed E-state index contributed by atoms with van der Waals surface area (Å²) in [5, 5.41) is 0. The van der Waals surface area contributed by atoms with E-state index in [1.807, 2.05) is 0 Å². The molecule has 0 amide bonds. The molecule has 0 saturated heterocycles. The maximum Gasteiger partial charge on any atom is 0.256 e. The molecule has 42 heavy (non-hydrogen) atoms. The van der Waals surface area contributed by atoms with Crippen LogP contribution in [0.3, 0.4) is 0 Å². The van der Waals surface area contributed by atoms with Gasteiger partial charge in [-0.15, -0.1) is 0 Å². The van der Waals surface area contributed by atoms with Crippen LogP contribution in [0.25, 0.3) is 22.3 Å². The molecule has 0 saturated carbocycles. The molecular formula is C39H28BNO. The van der Waals surface area contributed by atoms with Crippen LogP contribution in [0.1, 0.15) is 16.7 Å². The minimum Gasteiger partial charge on any atom is -0.458 e. The number of nitrogens with zero attached hydrogens (tertiary/aromatic N) is 1. The zero-order valence-corrected chi connectivity index (χ0v) is 23.5. The van der Waals surface area contributed by atoms with Crippen molar-refractivity contribution >= 4 is 40.2 Å². The van der Waals surface area contributed by atoms with Gasteiger partial charge in [-0.25, -0.2) is 0 Å². The number of ether oxygens (including phenoxy) is 1. The first-order valence-corrected chi connectivity index (χ1v) is 14.8. The van der Waals surface area contributed by atoms with Crippen molar-refractivity contribution in [3.8, 4) is 33.8 Å². The van der Waals surface area contributed by atoms with Gasteiger partial charge in [-0.3, -0.25) is 0 Å². The number of hydrogen-bond acceptors (Lipinski definition) is 2. The summed E-state index contributed by atoms with van der Waals surface area (Å²) in [4.78, 5) is 2.44. The van der Waals surface area contributed by atoms with E-state index in [1.165, 1.54) is 66.7 Å². The maximum atomic E-state index is 6.74. The van der Waals surface area contributed by atoms with E-state index >= 15 is 0 Å². The molecule has 3 heteroatoms. The Morgan fingerprint density at radius 2 is 1.19 bits per heavy atom. The molecule has 0 unspecified atom stereocenters. The molecule has 198 valence electrons. The van der Waals surface area contributed by atoms with Gasteiger partial charge in [0.2, 0.25) is 0 Å². The molecular weight excluding hydrogens is 509 g/mol. The normalized spacial score (nSPS) is 13.7. The number of fused-ring (bicyclic) bond motifs is 5. The monoisotopic (exact) mass is 537 g/mol. The Morgan fingerprint density at radius 1 is 0.548 bits per heavy atom. The Balaban J connectivity index is 1.28. The molecule has 0 aromatic heterocycles. The van der Waals surface area contributed by atoms with Crippen LogP contribution >= 0.6 is 0 Å². The Bertz CT molecular complexity index is 2020. The molecule has 0 bridgehead atoms. The molecule has 2 aliphatic heterocycles. The predicted molar refractivity (Wildman–Crippen MR) is 175 cm³/mol. The third-order valence-corrected chi connectivity index (χ3v) is 9.24. The highest BCUT2D eigenvalue weighted by atomic mass is 16.5. The average Bonchev–Trinajstić information content (AvgIpc) is 3.02. The molecule has 9 rings (SSSR count). The van der Waals surface area contributed by atoms with Crippen LogP contribution in [0.4, 0.5) is 17.1 Å². The Hall–Kier alpha value is -5.02. The molecule has 0 radical (unpaired) electrons. The summed E-state index contributed by atoms with van der Waals surface area (Å²) in [6.45, 7) is 2.29. The number of rotatable bonds is 3. The van der Waals surface area contributed by atoms with Gasteiger partial charge in [-0.05, 0) is 111 Å². The molecule has 1 aliphatic carbocycles. The van der Waals surface area contributed by atoms with Gasteiger partial charge >= 0.3 is 0 Å². The van der Waals surface area contributed by atoms with Crippen LogP contribution in [0.15, 0.2) is 127 Å². The summed E-state index contributed by atoms with van der Waals surface area (Å²) in [7, 11) is 0. The highest BCUT2D eigenvalue weighted by Crippen LogP contribution is 2.43. The maximum absolute atomic E-state index is 6.74. The van der Waals surface area contributed by atoms with Crippen molar-refractivity contribution in [3.63, 3.8) is 0 Å². The van der Waals surface area contributed by atoms with Crippen molar-refractivity contribution in [2.75, 3.05) is 4.90 Å². The van der Waals surface area contributed by atoms with E-state index in [0.717, 1.165) is 30.0 Å². The van der Waals surface area contributed by atoms with Crippen LogP contribution in [-0.4, -0.2) is 6.71 Å². The highest BCUT2D eigenvalue weighted by Gasteiger charge is 2.42. The average molecular weight is 537 g/mol. The lowest BCUT2D eigenvalue weighted by molar-refractivity contribution is 0.485. The lowest BCUT2D eigenvalue weighted by Gasteiger charge is -2.41. The Labute approximate surface area is 246 Å². The predicted octanol–water partition coefficient (Wildman–Crippen LogP) is 7.83. The van der Waals surface area contributed by atoms with E-state index in [1.54, 1.807) is 0 Å². The number of hydrogen-bond donors (Lipinski definition) is 0. The van der Waals surface area contributed by atoms with E-state index in [9.17, 15) is 0 Å². The summed E-state index contributed by atoms with van der Waals surface area (Å²) >= 11 is 0. The van der Waals surface area contributed by atoms with Gasteiger partial charge in [0.15, 0.2) is 0 Å². The van der Waals surface area contributed by atoms with Crippen LogP contribution in [0, 0.1) is 6.92 Å². The van der Waals surface area contributed by atoms with Gasteiger partial charge < -0.3 is 9.64 Å². The van der Waals surface area contributed by atoms with E-state index < -0.39 is 0 Å². The summed E-state index contributed by atoms with van der Waals surface area (Å²) < 4.78 is 6.74. The first-order chi connectivity index (χ1) is 20.7. The molecule has 0 fully saturated rings. The highest BCUT2D eigenvalue weighted by molar-refractivity contribution is 6.99. The Kier molecular flexibility index (Phi) is 5.07. The second-order valence-corrected chi connectivity index (χ2v) is 11.8. The second-order valence-electron chi connectivity index (χ2n) is 11.8. The minimum absolute atomic E-state index is 0.115. The van der Waals surface area contributed by atoms with E-state index in [4.69, 9.17) is 4.74 Å². The van der Waals surface area contributed by atoms with Crippen molar-refractivity contribution in [1.82, 2.24) is 0 Å². The van der Waals surface area contributed by atoms with Gasteiger partial charge in [0.25, 0.3) is 6.71 Å². The van der Waals surface area contributed by atoms with Gasteiger partial charge in [0.05, 0.1) is 0 Å². The third-order valence-electron chi connectivity index (χ3n) is 9.24. The van der Waals surface area contributed by atoms with E-state index in [0.29, 0.717) is 0 Å². The number of anilines is 3. The van der Waals surface area contributed by atoms with Crippen molar-refractivity contribution in [2.45, 2.75) is 19.8 Å². The standard InChI is InChI=1S/C39H28BNO/c1-25-20-36-39-38(21-25)42-37-24-31-13-12-30(31)23-34(37)40(39)33-22-29(27-10-6-3-7-11-27)16-19-35(33)41(36)32-17-14-28(15-18-32)26-8-4-2-5-9-26/h2-11,14-24H,12-13H2,1H3. The first-order valence-electron chi connectivity index (χ1n) is 14.8. The van der Waals surface area contributed by atoms with Crippen molar-refractivity contribution in [2.24, 2.45) is 0 Å². The summed E-state index contributed by atoms with van der Waals surface area (Å²) in [6, 6.07) is 46.6. The largest absolute Gasteiger partial charge is 0.458 e. The molecule has 2 heterocycles. The lowest BCUT2D eigenvalue weighted by atomic mass is 9.33. The van der Waals surface area contributed by atoms with Gasteiger partial charge in [0.1, 0.15) is 11.5 Å². The number of aryl methyl sites for hydroxylation is 3. The fourth-order valence-electron chi connectivity index (χ4n) is 7.10. The third kappa shape index (κ3) is 3.53. The summed E-state index contributed by atoms with van der Waals surface area (Å²) in [5.74, 6) is 1.99. The van der Waals surface area contributed by atoms with Crippen molar-refractivity contribution in [3.05, 3.63) is 144 Å². The Morgan fingerprint density at radius 3 is 1.90 bits per heavy atom. The molecule has 2 nitrogen and oxygen atoms in total. The van der Waals surface area contributed by atoms with Crippen LogP contribution in [0.5, 0.6) is 11.5 Å². The molecule has 6 aromatic rings. The number of benzene rings is 6. The topological polar surface area (TPSA) is 12.5 Å². The molecule has 6 aromatic carbocycles. The SMILES string of the molecule is Cc1cc2c3c(c1)N(c1ccc(-c4ccccc4)cc1)c1ccc(-c4ccccc4)cc1B3c1cc3c(cc1O2)CC3. The van der Waals surface area contributed by atoms with E-state index in [2.05, 4.69) is 139 Å². The minimum atomic E-state index is 0.115. The molecule has 0 N–H and O–H groups in total. The molecule has 0 atom stereocenters. The van der Waals surface area contributed by atoms with E-state index in [-0.39, 0.29) is 6.71 Å². The molecule has 0 spiro atoms. The molecule has 3 aliphatic rings. The lowest BCUT2D eigenvalue weighted by Crippen LogP contribution is -2.59.